The molecule has 2 atom stereocenters. The van der Waals surface area contributed by atoms with E-state index < -0.39 is 23.5 Å². The minimum atomic E-state index is -1.35. The molecule has 174 valence electrons. The Kier molecular flexibility index (Phi) is 6.26. The molecule has 2 aliphatic heterocycles. The summed E-state index contributed by atoms with van der Waals surface area (Å²) in [5, 5.41) is 2.82. The zero-order chi connectivity index (χ0) is 23.6. The van der Waals surface area contributed by atoms with Gasteiger partial charge in [-0.3, -0.25) is 9.59 Å². The van der Waals surface area contributed by atoms with Crippen LogP contribution in [0.5, 0.6) is 11.5 Å². The number of carbonyl (C=O) groups is 3. The van der Waals surface area contributed by atoms with Gasteiger partial charge in [0.05, 0.1) is 13.2 Å². The fraction of sp³-hybridized carbons (Fsp3) is 0.400. The van der Waals surface area contributed by atoms with E-state index in [0.29, 0.717) is 48.9 Å². The lowest BCUT2D eigenvalue weighted by molar-refractivity contribution is -0.143. The number of benzene rings is 2. The van der Waals surface area contributed by atoms with Crippen LogP contribution in [0.2, 0.25) is 0 Å². The van der Waals surface area contributed by atoms with Crippen LogP contribution in [0.1, 0.15) is 44.4 Å². The van der Waals surface area contributed by atoms with Crippen molar-refractivity contribution in [3.05, 3.63) is 59.7 Å². The van der Waals surface area contributed by atoms with Crippen LogP contribution < -0.4 is 14.8 Å². The Morgan fingerprint density at radius 2 is 1.73 bits per heavy atom. The summed E-state index contributed by atoms with van der Waals surface area (Å²) in [4.78, 5) is 43.2. The average Bonchev–Trinajstić information content (AvgIpc) is 2.98. The summed E-state index contributed by atoms with van der Waals surface area (Å²) in [5.41, 5.74) is -0.200. The molecule has 2 aromatic rings. The lowest BCUT2D eigenvalue weighted by atomic mass is 9.91. The van der Waals surface area contributed by atoms with Gasteiger partial charge in [0.2, 0.25) is 0 Å². The zero-order valence-electron chi connectivity index (χ0n) is 19.2. The monoisotopic (exact) mass is 451 g/mol. The third kappa shape index (κ3) is 4.01. The van der Waals surface area contributed by atoms with Crippen LogP contribution in [-0.2, 0) is 15.1 Å². The van der Waals surface area contributed by atoms with E-state index in [4.69, 9.17) is 9.47 Å². The Balaban J connectivity index is 1.74. The largest absolute Gasteiger partial charge is 0.490 e. The summed E-state index contributed by atoms with van der Waals surface area (Å²) in [6.45, 7) is 7.40. The normalized spacial score (nSPS) is 20.8. The van der Waals surface area contributed by atoms with Gasteiger partial charge >= 0.3 is 6.03 Å². The highest BCUT2D eigenvalue weighted by Gasteiger charge is 2.53. The highest BCUT2D eigenvalue weighted by Crippen LogP contribution is 2.39. The number of hydrogen-bond acceptors (Lipinski definition) is 5. The Hall–Kier alpha value is -3.55. The minimum Gasteiger partial charge on any atom is -0.490 e. The van der Waals surface area contributed by atoms with E-state index in [1.807, 2.05) is 19.9 Å². The quantitative estimate of drug-likeness (QED) is 0.682. The van der Waals surface area contributed by atoms with Gasteiger partial charge in [0.1, 0.15) is 11.6 Å². The Bertz CT molecular complexity index is 1050. The number of amides is 4. The maximum atomic E-state index is 13.8. The highest BCUT2D eigenvalue weighted by molar-refractivity contribution is 6.10. The summed E-state index contributed by atoms with van der Waals surface area (Å²) >= 11 is 0. The zero-order valence-corrected chi connectivity index (χ0v) is 19.2. The van der Waals surface area contributed by atoms with Gasteiger partial charge in [-0.1, -0.05) is 36.4 Å². The number of nitrogens with zero attached hydrogens (tertiary/aromatic N) is 2. The predicted molar refractivity (Wildman–Crippen MR) is 122 cm³/mol. The van der Waals surface area contributed by atoms with Crippen LogP contribution in [-0.4, -0.2) is 53.9 Å². The molecule has 4 amide bonds. The standard InChI is InChI=1S/C25H29N3O5/c1-4-27(5-2)22(29)21(17-10-7-6-8-11-17)28-23(30)25(3,26-24(28)31)18-12-13-19-20(16-18)33-15-9-14-32-19/h6-8,10-13,16,21H,4-5,9,14-15H2,1-3H3,(H,26,31). The first kappa shape index (κ1) is 22.6. The third-order valence-corrected chi connectivity index (χ3v) is 6.23. The van der Waals surface area contributed by atoms with Crippen molar-refractivity contribution in [2.75, 3.05) is 26.3 Å². The molecule has 2 unspecified atom stereocenters. The number of carbonyl (C=O) groups excluding carboxylic acids is 3. The molecule has 1 N–H and O–H groups in total. The molecule has 2 heterocycles. The van der Waals surface area contributed by atoms with Crippen molar-refractivity contribution in [3.63, 3.8) is 0 Å². The van der Waals surface area contributed by atoms with Gasteiger partial charge in [-0.05, 0) is 44.0 Å². The molecule has 2 aromatic carbocycles. The second kappa shape index (κ2) is 9.13. The number of ether oxygens (including phenoxy) is 2. The molecule has 2 aliphatic rings. The number of likely N-dealkylation sites (N-methyl/N-ethyl adjacent to an activating group) is 1. The third-order valence-electron chi connectivity index (χ3n) is 6.23. The van der Waals surface area contributed by atoms with Gasteiger partial charge in [0.15, 0.2) is 11.5 Å². The number of hydrogen-bond donors (Lipinski definition) is 1. The average molecular weight is 452 g/mol. The molecule has 8 heteroatoms. The lowest BCUT2D eigenvalue weighted by Crippen LogP contribution is -2.46. The molecule has 0 saturated carbocycles. The van der Waals surface area contributed by atoms with Crippen molar-refractivity contribution in [2.45, 2.75) is 38.8 Å². The molecule has 8 nitrogen and oxygen atoms in total. The Labute approximate surface area is 193 Å². The molecule has 1 saturated heterocycles. The van der Waals surface area contributed by atoms with Crippen molar-refractivity contribution in [3.8, 4) is 11.5 Å². The lowest BCUT2D eigenvalue weighted by Gasteiger charge is -2.31. The van der Waals surface area contributed by atoms with E-state index in [2.05, 4.69) is 5.32 Å². The molecule has 1 fully saturated rings. The number of rotatable bonds is 6. The first-order valence-electron chi connectivity index (χ1n) is 11.3. The van der Waals surface area contributed by atoms with Crippen molar-refractivity contribution >= 4 is 17.8 Å². The smallest absolute Gasteiger partial charge is 0.326 e. The number of urea groups is 1. The SMILES string of the molecule is CCN(CC)C(=O)C(c1ccccc1)N1C(=O)NC(C)(c2ccc3c(c2)OCCCO3)C1=O. The predicted octanol–water partition coefficient (Wildman–Crippen LogP) is 3.22. The molecule has 0 bridgehead atoms. The summed E-state index contributed by atoms with van der Waals surface area (Å²) in [7, 11) is 0. The fourth-order valence-corrected chi connectivity index (χ4v) is 4.31. The van der Waals surface area contributed by atoms with E-state index in [-0.39, 0.29) is 5.91 Å². The van der Waals surface area contributed by atoms with Gasteiger partial charge in [-0.15, -0.1) is 0 Å². The van der Waals surface area contributed by atoms with E-state index in [1.165, 1.54) is 0 Å². The van der Waals surface area contributed by atoms with Gasteiger partial charge in [-0.25, -0.2) is 9.69 Å². The maximum absolute atomic E-state index is 13.8. The van der Waals surface area contributed by atoms with E-state index in [9.17, 15) is 14.4 Å². The second-order valence-corrected chi connectivity index (χ2v) is 8.27. The van der Waals surface area contributed by atoms with Crippen LogP contribution in [0, 0.1) is 0 Å². The Morgan fingerprint density at radius 3 is 2.39 bits per heavy atom. The molecule has 0 aliphatic carbocycles. The summed E-state index contributed by atoms with van der Waals surface area (Å²) in [6, 6.07) is 12.5. The molecule has 33 heavy (non-hydrogen) atoms. The number of nitrogens with one attached hydrogen (secondary N) is 1. The van der Waals surface area contributed by atoms with Gasteiger partial charge in [0, 0.05) is 19.5 Å². The van der Waals surface area contributed by atoms with Crippen molar-refractivity contribution in [1.29, 1.82) is 0 Å². The van der Waals surface area contributed by atoms with Gasteiger partial charge in [-0.2, -0.15) is 0 Å². The van der Waals surface area contributed by atoms with Crippen LogP contribution in [0.3, 0.4) is 0 Å². The van der Waals surface area contributed by atoms with Crippen LogP contribution >= 0.6 is 0 Å². The molecule has 0 aromatic heterocycles. The molecular formula is C25H29N3O5. The minimum absolute atomic E-state index is 0.294. The molecular weight excluding hydrogens is 422 g/mol. The Morgan fingerprint density at radius 1 is 1.06 bits per heavy atom. The maximum Gasteiger partial charge on any atom is 0.326 e. The number of imide groups is 1. The summed E-state index contributed by atoms with van der Waals surface area (Å²) < 4.78 is 11.5. The highest BCUT2D eigenvalue weighted by atomic mass is 16.5. The number of fused-ring (bicyclic) bond motifs is 1. The first-order valence-corrected chi connectivity index (χ1v) is 11.3. The van der Waals surface area contributed by atoms with Gasteiger partial charge in [0.25, 0.3) is 11.8 Å². The fourth-order valence-electron chi connectivity index (χ4n) is 4.31. The summed E-state index contributed by atoms with van der Waals surface area (Å²) in [6.07, 6.45) is 0.761. The van der Waals surface area contributed by atoms with E-state index in [0.717, 1.165) is 11.3 Å². The van der Waals surface area contributed by atoms with Crippen molar-refractivity contribution in [1.82, 2.24) is 15.1 Å². The van der Waals surface area contributed by atoms with Crippen LogP contribution in [0.4, 0.5) is 4.79 Å². The summed E-state index contributed by atoms with van der Waals surface area (Å²) in [5.74, 6) is 0.354. The van der Waals surface area contributed by atoms with Crippen molar-refractivity contribution in [2.24, 2.45) is 0 Å². The van der Waals surface area contributed by atoms with E-state index >= 15 is 0 Å². The van der Waals surface area contributed by atoms with Crippen LogP contribution in [0.15, 0.2) is 48.5 Å². The second-order valence-electron chi connectivity index (χ2n) is 8.27. The van der Waals surface area contributed by atoms with Crippen LogP contribution in [0.25, 0.3) is 0 Å². The van der Waals surface area contributed by atoms with Crippen molar-refractivity contribution < 1.29 is 23.9 Å². The molecule has 4 rings (SSSR count). The topological polar surface area (TPSA) is 88.2 Å². The molecule has 0 radical (unpaired) electrons. The first-order chi connectivity index (χ1) is 15.9. The van der Waals surface area contributed by atoms with Gasteiger partial charge < -0.3 is 19.7 Å². The molecule has 0 spiro atoms. The van der Waals surface area contributed by atoms with E-state index in [1.54, 1.807) is 54.3 Å².